The van der Waals surface area contributed by atoms with E-state index in [9.17, 15) is 43.6 Å². The quantitative estimate of drug-likeness (QED) is 0.0575. The molecule has 26 nitrogen and oxygen atoms in total. The minimum atomic E-state index is -5.75. The summed E-state index contributed by atoms with van der Waals surface area (Å²) in [6.45, 7) is -6.81. The van der Waals surface area contributed by atoms with Crippen LogP contribution in [0.25, 0.3) is 22.3 Å². The number of aromatic nitrogens is 8. The largest absolute Gasteiger partial charge is 0.779 e. The van der Waals surface area contributed by atoms with Gasteiger partial charge in [0.25, 0.3) is 32.7 Å². The number of hydrogen-bond acceptors (Lipinski definition) is 22. The van der Waals surface area contributed by atoms with Crippen LogP contribution in [0.4, 0.5) is 11.9 Å². The number of fused-ring (bicyclic) bond motifs is 2. The highest BCUT2D eigenvalue weighted by atomic mass is 32.5. The summed E-state index contributed by atoms with van der Waals surface area (Å²) in [6.07, 6.45) is -5.76. The average Bonchev–Trinajstić information content (AvgIpc) is 3.67. The van der Waals surface area contributed by atoms with Crippen molar-refractivity contribution < 1.29 is 65.7 Å². The smallest absolute Gasteiger partial charge is 0.313 e. The minimum Gasteiger partial charge on any atom is -0.779 e. The maximum atomic E-state index is 12.7. The Bertz CT molecular complexity index is 2270. The van der Waals surface area contributed by atoms with Gasteiger partial charge in [0.1, 0.15) is 25.0 Å². The van der Waals surface area contributed by atoms with E-state index in [0.29, 0.717) is 0 Å². The topological polar surface area (TPSA) is 373 Å². The molecule has 0 amide bonds. The Kier molecular flexibility index (Phi) is 10.6. The van der Waals surface area contributed by atoms with Crippen LogP contribution < -0.4 is 41.8 Å². The third kappa shape index (κ3) is 8.19. The molecular formula is C22H30N11O15P3S-2. The molecule has 2 fully saturated rings. The summed E-state index contributed by atoms with van der Waals surface area (Å²) in [5.41, 5.74) is 10.1. The number of phosphoric ester groups is 2. The summed E-state index contributed by atoms with van der Waals surface area (Å²) in [6, 6.07) is 0. The van der Waals surface area contributed by atoms with Crippen LogP contribution in [-0.4, -0.2) is 107 Å². The number of rotatable bonds is 12. The molecule has 8 N–H and O–H groups in total. The highest BCUT2D eigenvalue weighted by molar-refractivity contribution is 8.09. The van der Waals surface area contributed by atoms with Crippen LogP contribution in [0, 0.1) is 0 Å². The van der Waals surface area contributed by atoms with E-state index in [2.05, 4.69) is 49.9 Å². The maximum Gasteiger partial charge on any atom is 0.313 e. The number of nitrogens with zero attached hydrogens (tertiary/aromatic N) is 7. The number of nitrogens with two attached hydrogens (primary N) is 2. The van der Waals surface area contributed by atoms with Crippen LogP contribution in [-0.2, 0) is 55.1 Å². The van der Waals surface area contributed by atoms with E-state index >= 15 is 0 Å². The minimum absolute atomic E-state index is 0.128. The monoisotopic (exact) mass is 813 g/mol. The van der Waals surface area contributed by atoms with Crippen molar-refractivity contribution >= 4 is 68.4 Å². The maximum absolute atomic E-state index is 12.7. The predicted molar refractivity (Wildman–Crippen MR) is 169 cm³/mol. The van der Waals surface area contributed by atoms with E-state index in [0.717, 1.165) is 10.9 Å². The third-order valence-electron chi connectivity index (χ3n) is 7.71. The van der Waals surface area contributed by atoms with Crippen molar-refractivity contribution in [2.24, 2.45) is 7.05 Å². The van der Waals surface area contributed by atoms with Gasteiger partial charge < -0.3 is 54.9 Å². The lowest BCUT2D eigenvalue weighted by molar-refractivity contribution is -0.747. The zero-order valence-corrected chi connectivity index (χ0v) is 30.2. The summed E-state index contributed by atoms with van der Waals surface area (Å²) in [5, 5.41) is 21.0. The first kappa shape index (κ1) is 38.6. The molecule has 2 saturated heterocycles. The Balaban J connectivity index is 1.04. The van der Waals surface area contributed by atoms with E-state index in [1.807, 2.05) is 0 Å². The van der Waals surface area contributed by atoms with Gasteiger partial charge in [-0.05, 0) is 7.05 Å². The first-order chi connectivity index (χ1) is 24.2. The zero-order valence-electron chi connectivity index (χ0n) is 26.7. The van der Waals surface area contributed by atoms with E-state index in [1.165, 1.54) is 15.5 Å². The molecule has 2 aliphatic rings. The van der Waals surface area contributed by atoms with Gasteiger partial charge >= 0.3 is 5.65 Å². The molecule has 0 radical (unpaired) electrons. The lowest BCUT2D eigenvalue weighted by Gasteiger charge is -2.39. The van der Waals surface area contributed by atoms with Crippen LogP contribution in [0.1, 0.15) is 12.5 Å². The van der Waals surface area contributed by atoms with E-state index in [-0.39, 0.29) is 47.3 Å². The highest BCUT2D eigenvalue weighted by Gasteiger charge is 2.45. The number of nitrogen functional groups attached to an aromatic ring is 2. The number of aryl methyl sites for hydroxylation is 1. The van der Waals surface area contributed by atoms with Crippen molar-refractivity contribution in [2.45, 2.75) is 36.9 Å². The average molecular weight is 814 g/mol. The summed E-state index contributed by atoms with van der Waals surface area (Å²) in [5.74, 6) is -0.432. The van der Waals surface area contributed by atoms with Crippen LogP contribution in [0.5, 0.6) is 0 Å². The molecule has 6 heterocycles. The first-order valence-corrected chi connectivity index (χ1v) is 20.2. The lowest BCUT2D eigenvalue weighted by atomic mass is 10.1. The number of anilines is 2. The molecule has 5 unspecified atom stereocenters. The van der Waals surface area contributed by atoms with E-state index < -0.39 is 83.6 Å². The Morgan fingerprint density at radius 2 is 1.63 bits per heavy atom. The second kappa shape index (κ2) is 14.3. The molecule has 4 aromatic rings. The molecule has 0 saturated carbocycles. The number of aliphatic hydroxyl groups is 2. The SMILES string of the molecule is CN1CC(COP(=O)([O-])OP([O-])(=S)OP(=O)([O-])OC[C@H]2O[C@@H](n3cnc4c(=O)[nH]c(N)nc43)[C@H](O)[C@@H]2O)OC([n+]2cn(C)c3c(=O)[nH]c(N)nc32)C1. The van der Waals surface area contributed by atoms with Crippen LogP contribution in [0.3, 0.4) is 0 Å². The molecule has 4 aromatic heterocycles. The Morgan fingerprint density at radius 1 is 1.00 bits per heavy atom. The van der Waals surface area contributed by atoms with Crippen molar-refractivity contribution in [1.29, 1.82) is 0 Å². The molecule has 0 aromatic carbocycles. The lowest BCUT2D eigenvalue weighted by Crippen LogP contribution is -2.54. The van der Waals surface area contributed by atoms with Crippen molar-refractivity contribution in [2.75, 3.05) is 44.8 Å². The summed E-state index contributed by atoms with van der Waals surface area (Å²) < 4.78 is 58.4. The number of ether oxygens (including phenoxy) is 2. The third-order valence-corrected chi connectivity index (χ3v) is 13.0. The highest BCUT2D eigenvalue weighted by Crippen LogP contribution is 2.63. The van der Waals surface area contributed by atoms with Crippen molar-refractivity contribution in [3.63, 3.8) is 0 Å². The van der Waals surface area contributed by atoms with Crippen molar-refractivity contribution in [1.82, 2.24) is 39.0 Å². The van der Waals surface area contributed by atoms with Gasteiger partial charge in [-0.15, -0.1) is 0 Å². The second-order valence-electron chi connectivity index (χ2n) is 11.6. The molecular weight excluding hydrogens is 783 g/mol. The number of morpholine rings is 1. The van der Waals surface area contributed by atoms with E-state index in [4.69, 9.17) is 25.5 Å². The molecule has 0 aliphatic carbocycles. The summed E-state index contributed by atoms with van der Waals surface area (Å²) in [4.78, 5) is 80.5. The number of H-pyrrole nitrogens is 2. The van der Waals surface area contributed by atoms with Gasteiger partial charge in [0.05, 0.1) is 39.2 Å². The van der Waals surface area contributed by atoms with Crippen LogP contribution in [0.15, 0.2) is 22.2 Å². The fourth-order valence-electron chi connectivity index (χ4n) is 5.59. The number of imidazole rings is 2. The molecule has 6 rings (SSSR count). The fourth-order valence-corrected chi connectivity index (χ4v) is 10.5. The molecule has 286 valence electrons. The van der Waals surface area contributed by atoms with Gasteiger partial charge in [-0.2, -0.15) is 4.98 Å². The molecule has 9 atom stereocenters. The molecule has 0 spiro atoms. The standard InChI is InChI=1S/C22H32N11O15P3S/c1-30-3-9(45-11(4-30)33-8-31(2)13-17(33)27-22(24)29-19(13)37)5-43-49(38,39)47-51(42,52)48-50(40,41)44-6-10-14(34)15(35)20(46-10)32-7-25-12-16(32)26-21(23)28-18(12)36/h7-11,14-15,20,34-35H,3-6H2,1-2H3,(H8-,23,24,26,27,28,29,36,37,38,39,40,41,42,52)/p-2/t9?,10-,11?,14-,15-,20-,51?/m1/s1. The van der Waals surface area contributed by atoms with Crippen molar-refractivity contribution in [3.05, 3.63) is 33.4 Å². The Morgan fingerprint density at radius 3 is 2.33 bits per heavy atom. The van der Waals surface area contributed by atoms with Gasteiger partial charge in [0.2, 0.25) is 11.5 Å². The predicted octanol–water partition coefficient (Wildman–Crippen LogP) is -5.12. The second-order valence-corrected chi connectivity index (χ2v) is 17.5. The van der Waals surface area contributed by atoms with E-state index in [1.54, 1.807) is 19.0 Å². The van der Waals surface area contributed by atoms with Gasteiger partial charge in [-0.25, -0.2) is 9.55 Å². The van der Waals surface area contributed by atoms with Gasteiger partial charge in [-0.1, -0.05) is 16.8 Å². The fraction of sp³-hybridized carbons (Fsp3) is 0.545. The van der Waals surface area contributed by atoms with Gasteiger partial charge in [-0.3, -0.25) is 51.3 Å². The number of nitrogens with one attached hydrogen (secondary N) is 2. The number of aromatic amines is 2. The molecule has 2 aliphatic heterocycles. The zero-order chi connectivity index (χ0) is 37.9. The Hall–Kier alpha value is -3.07. The first-order valence-electron chi connectivity index (χ1n) is 14.7. The summed E-state index contributed by atoms with van der Waals surface area (Å²) in [7, 11) is -8.09. The number of hydrogen-bond donors (Lipinski definition) is 6. The van der Waals surface area contributed by atoms with Crippen LogP contribution in [0.2, 0.25) is 0 Å². The Labute approximate surface area is 294 Å². The normalized spacial score (nSPS) is 27.8. The molecule has 0 bridgehead atoms. The number of phosphoric acid groups is 2. The molecule has 30 heteroatoms. The van der Waals surface area contributed by atoms with Gasteiger partial charge in [0.15, 0.2) is 29.9 Å². The number of likely N-dealkylation sites (N-methyl/N-ethyl adjacent to an activating group) is 1. The molecule has 52 heavy (non-hydrogen) atoms. The van der Waals surface area contributed by atoms with Gasteiger partial charge in [0, 0.05) is 6.54 Å². The summed E-state index contributed by atoms with van der Waals surface area (Å²) >= 11 is 4.45. The number of aliphatic hydroxyl groups excluding tert-OH is 2. The van der Waals surface area contributed by atoms with Crippen LogP contribution >= 0.6 is 22.4 Å². The van der Waals surface area contributed by atoms with Crippen molar-refractivity contribution in [3.8, 4) is 0 Å².